The fourth-order valence-corrected chi connectivity index (χ4v) is 2.55. The summed E-state index contributed by atoms with van der Waals surface area (Å²) in [6.07, 6.45) is 4.02. The van der Waals surface area contributed by atoms with Crippen molar-refractivity contribution in [3.8, 4) is 0 Å². The van der Waals surface area contributed by atoms with E-state index in [4.69, 9.17) is 4.42 Å². The smallest absolute Gasteiger partial charge is 0.291 e. The molecule has 1 N–H and O–H groups in total. The second kappa shape index (κ2) is 5.41. The lowest BCUT2D eigenvalue weighted by atomic mass is 10.1. The average Bonchev–Trinajstić information content (AvgIpc) is 3.14. The van der Waals surface area contributed by atoms with E-state index in [0.29, 0.717) is 5.76 Å². The van der Waals surface area contributed by atoms with Gasteiger partial charge in [0.1, 0.15) is 0 Å². The molecule has 1 amide bonds. The van der Waals surface area contributed by atoms with E-state index >= 15 is 0 Å². The molecule has 104 valence electrons. The molecule has 0 bridgehead atoms. The van der Waals surface area contributed by atoms with Crippen LogP contribution in [0, 0.1) is 6.92 Å². The molecule has 1 saturated heterocycles. The first-order valence-corrected chi connectivity index (χ1v) is 6.94. The molecule has 1 aliphatic rings. The summed E-state index contributed by atoms with van der Waals surface area (Å²) in [6.45, 7) is 4.26. The lowest BCUT2D eigenvalue weighted by Crippen LogP contribution is -2.18. The van der Waals surface area contributed by atoms with E-state index in [9.17, 15) is 4.79 Å². The van der Waals surface area contributed by atoms with Gasteiger partial charge in [-0.3, -0.25) is 4.79 Å². The minimum Gasteiger partial charge on any atom is -0.459 e. The molecule has 0 atom stereocenters. The van der Waals surface area contributed by atoms with Crippen LogP contribution in [-0.4, -0.2) is 19.0 Å². The highest BCUT2D eigenvalue weighted by molar-refractivity contribution is 6.02. The number of nitrogens with one attached hydrogen (secondary N) is 1. The quantitative estimate of drug-likeness (QED) is 0.929. The Balaban J connectivity index is 1.75. The van der Waals surface area contributed by atoms with Gasteiger partial charge in [0.05, 0.1) is 6.26 Å². The summed E-state index contributed by atoms with van der Waals surface area (Å²) in [5.41, 5.74) is 3.12. The van der Waals surface area contributed by atoms with Crippen LogP contribution in [0.2, 0.25) is 0 Å². The molecule has 1 fully saturated rings. The largest absolute Gasteiger partial charge is 0.459 e. The number of hydrogen-bond acceptors (Lipinski definition) is 3. The highest BCUT2D eigenvalue weighted by atomic mass is 16.3. The van der Waals surface area contributed by atoms with Gasteiger partial charge in [0.25, 0.3) is 5.91 Å². The standard InChI is InChI=1S/C16H18N2O2/c1-12-11-13(18-8-2-3-9-18)6-7-14(12)17-16(19)15-5-4-10-20-15/h4-7,10-11H,2-3,8-9H2,1H3,(H,17,19). The third-order valence-electron chi connectivity index (χ3n) is 3.67. The summed E-state index contributed by atoms with van der Waals surface area (Å²) in [4.78, 5) is 14.3. The van der Waals surface area contributed by atoms with Gasteiger partial charge in [0.2, 0.25) is 0 Å². The van der Waals surface area contributed by atoms with Crippen LogP contribution < -0.4 is 10.2 Å². The molecule has 2 aromatic rings. The lowest BCUT2D eigenvalue weighted by molar-refractivity contribution is 0.0996. The molecule has 2 heterocycles. The second-order valence-electron chi connectivity index (χ2n) is 5.12. The summed E-state index contributed by atoms with van der Waals surface area (Å²) in [6, 6.07) is 9.52. The van der Waals surface area contributed by atoms with Gasteiger partial charge >= 0.3 is 0 Å². The van der Waals surface area contributed by atoms with Gasteiger partial charge in [-0.15, -0.1) is 0 Å². The van der Waals surface area contributed by atoms with Gasteiger partial charge in [0, 0.05) is 24.5 Å². The minimum absolute atomic E-state index is 0.216. The van der Waals surface area contributed by atoms with Gasteiger partial charge in [-0.05, 0) is 55.7 Å². The first-order valence-electron chi connectivity index (χ1n) is 6.94. The third kappa shape index (κ3) is 2.54. The van der Waals surface area contributed by atoms with E-state index in [-0.39, 0.29) is 5.91 Å². The Morgan fingerprint density at radius 2 is 2.05 bits per heavy atom. The van der Waals surface area contributed by atoms with E-state index in [2.05, 4.69) is 22.3 Å². The number of carbonyl (C=O) groups is 1. The van der Waals surface area contributed by atoms with Gasteiger partial charge in [-0.1, -0.05) is 0 Å². The summed E-state index contributed by atoms with van der Waals surface area (Å²) < 4.78 is 5.09. The van der Waals surface area contributed by atoms with Crippen molar-refractivity contribution in [2.24, 2.45) is 0 Å². The highest BCUT2D eigenvalue weighted by Crippen LogP contribution is 2.25. The molecule has 0 aliphatic carbocycles. The van der Waals surface area contributed by atoms with Crippen molar-refractivity contribution in [1.29, 1.82) is 0 Å². The maximum atomic E-state index is 12.0. The number of carbonyl (C=O) groups excluding carboxylic acids is 1. The van der Waals surface area contributed by atoms with Gasteiger partial charge in [0.15, 0.2) is 5.76 Å². The minimum atomic E-state index is -0.216. The van der Waals surface area contributed by atoms with Crippen LogP contribution in [0.3, 0.4) is 0 Å². The molecule has 3 rings (SSSR count). The molecule has 4 nitrogen and oxygen atoms in total. The number of rotatable bonds is 3. The topological polar surface area (TPSA) is 45.5 Å². The average molecular weight is 270 g/mol. The number of hydrogen-bond donors (Lipinski definition) is 1. The van der Waals surface area contributed by atoms with Crippen molar-refractivity contribution in [3.05, 3.63) is 47.9 Å². The fraction of sp³-hybridized carbons (Fsp3) is 0.312. The number of benzene rings is 1. The number of furan rings is 1. The number of amides is 1. The van der Waals surface area contributed by atoms with E-state index in [0.717, 1.165) is 24.3 Å². The van der Waals surface area contributed by atoms with Crippen LogP contribution in [-0.2, 0) is 0 Å². The van der Waals surface area contributed by atoms with Crippen molar-refractivity contribution in [1.82, 2.24) is 0 Å². The zero-order valence-corrected chi connectivity index (χ0v) is 11.6. The van der Waals surface area contributed by atoms with Crippen LogP contribution in [0.4, 0.5) is 11.4 Å². The maximum Gasteiger partial charge on any atom is 0.291 e. The van der Waals surface area contributed by atoms with Gasteiger partial charge in [-0.2, -0.15) is 0 Å². The van der Waals surface area contributed by atoms with Crippen LogP contribution >= 0.6 is 0 Å². The van der Waals surface area contributed by atoms with Crippen molar-refractivity contribution >= 4 is 17.3 Å². The molecule has 4 heteroatoms. The molecule has 20 heavy (non-hydrogen) atoms. The second-order valence-corrected chi connectivity index (χ2v) is 5.12. The van der Waals surface area contributed by atoms with Crippen molar-refractivity contribution in [3.63, 3.8) is 0 Å². The predicted octanol–water partition coefficient (Wildman–Crippen LogP) is 3.44. The molecule has 1 aliphatic heterocycles. The van der Waals surface area contributed by atoms with Gasteiger partial charge in [-0.25, -0.2) is 0 Å². The molecule has 0 spiro atoms. The third-order valence-corrected chi connectivity index (χ3v) is 3.67. The Bertz CT molecular complexity index is 599. The van der Waals surface area contributed by atoms with Crippen LogP contribution in [0.15, 0.2) is 41.0 Å². The normalized spacial score (nSPS) is 14.6. The predicted molar refractivity (Wildman–Crippen MR) is 79.3 cm³/mol. The summed E-state index contributed by atoms with van der Waals surface area (Å²) in [7, 11) is 0. The van der Waals surface area contributed by atoms with E-state index in [1.165, 1.54) is 24.8 Å². The Labute approximate surface area is 118 Å². The van der Waals surface area contributed by atoms with Crippen molar-refractivity contribution in [2.75, 3.05) is 23.3 Å². The Kier molecular flexibility index (Phi) is 3.46. The fourth-order valence-electron chi connectivity index (χ4n) is 2.55. The van der Waals surface area contributed by atoms with Gasteiger partial charge < -0.3 is 14.6 Å². The summed E-state index contributed by atoms with van der Waals surface area (Å²) >= 11 is 0. The van der Waals surface area contributed by atoms with Crippen LogP contribution in [0.1, 0.15) is 29.0 Å². The monoisotopic (exact) mass is 270 g/mol. The Morgan fingerprint density at radius 3 is 2.70 bits per heavy atom. The summed E-state index contributed by atoms with van der Waals surface area (Å²) in [5.74, 6) is 0.111. The van der Waals surface area contributed by atoms with E-state index in [1.807, 2.05) is 13.0 Å². The SMILES string of the molecule is Cc1cc(N2CCCC2)ccc1NC(=O)c1ccco1. The number of aryl methyl sites for hydroxylation is 1. The first-order chi connectivity index (χ1) is 9.74. The van der Waals surface area contributed by atoms with Crippen LogP contribution in [0.5, 0.6) is 0 Å². The lowest BCUT2D eigenvalue weighted by Gasteiger charge is -2.19. The summed E-state index contributed by atoms with van der Waals surface area (Å²) in [5, 5.41) is 2.88. The van der Waals surface area contributed by atoms with Crippen molar-refractivity contribution in [2.45, 2.75) is 19.8 Å². The Morgan fingerprint density at radius 1 is 1.25 bits per heavy atom. The molecule has 0 unspecified atom stereocenters. The zero-order valence-electron chi connectivity index (χ0n) is 11.6. The molecule has 1 aromatic heterocycles. The van der Waals surface area contributed by atoms with E-state index < -0.39 is 0 Å². The molecular formula is C16H18N2O2. The molecule has 0 radical (unpaired) electrons. The molecule has 1 aromatic carbocycles. The molecule has 0 saturated carbocycles. The first kappa shape index (κ1) is 12.8. The molecular weight excluding hydrogens is 252 g/mol. The van der Waals surface area contributed by atoms with Crippen LogP contribution in [0.25, 0.3) is 0 Å². The number of anilines is 2. The zero-order chi connectivity index (χ0) is 13.9. The Hall–Kier alpha value is -2.23. The number of nitrogens with zero attached hydrogens (tertiary/aromatic N) is 1. The van der Waals surface area contributed by atoms with Crippen molar-refractivity contribution < 1.29 is 9.21 Å². The highest BCUT2D eigenvalue weighted by Gasteiger charge is 2.14. The van der Waals surface area contributed by atoms with E-state index in [1.54, 1.807) is 12.1 Å². The maximum absolute atomic E-state index is 12.0.